The van der Waals surface area contributed by atoms with Gasteiger partial charge in [0, 0.05) is 60.2 Å². The summed E-state index contributed by atoms with van der Waals surface area (Å²) in [5, 5.41) is 13.1. The van der Waals surface area contributed by atoms with Gasteiger partial charge in [-0.2, -0.15) is 4.98 Å². The van der Waals surface area contributed by atoms with E-state index >= 15 is 0 Å². The van der Waals surface area contributed by atoms with E-state index in [1.807, 2.05) is 26.0 Å². The molecule has 1 aromatic carbocycles. The molecule has 1 aliphatic carbocycles. The molecule has 3 amide bonds. The first-order valence-corrected chi connectivity index (χ1v) is 22.9. The van der Waals surface area contributed by atoms with Crippen molar-refractivity contribution in [1.82, 2.24) is 34.7 Å². The Morgan fingerprint density at radius 2 is 1.63 bits per heavy atom. The van der Waals surface area contributed by atoms with Crippen molar-refractivity contribution in [2.45, 2.75) is 65.8 Å². The highest BCUT2D eigenvalue weighted by atomic mass is 35.5. The van der Waals surface area contributed by atoms with Crippen LogP contribution in [-0.4, -0.2) is 119 Å². The van der Waals surface area contributed by atoms with Gasteiger partial charge in [-0.05, 0) is 76.4 Å². The second-order valence-electron chi connectivity index (χ2n) is 16.1. The highest BCUT2D eigenvalue weighted by Crippen LogP contribution is 2.32. The first-order chi connectivity index (χ1) is 31.3. The molecule has 1 saturated heterocycles. The average molecular weight is 929 g/mol. The van der Waals surface area contributed by atoms with Crippen LogP contribution < -0.4 is 31.7 Å². The average Bonchev–Trinajstić information content (AvgIpc) is 3.92. The largest absolute Gasteiger partial charge is 0.379 e. The van der Waals surface area contributed by atoms with E-state index in [1.165, 1.54) is 24.3 Å². The minimum atomic E-state index is -0.409. The van der Waals surface area contributed by atoms with Gasteiger partial charge in [-0.15, -0.1) is 11.3 Å². The predicted molar refractivity (Wildman–Crippen MR) is 251 cm³/mol. The number of ether oxygens (including phenoxy) is 2. The molecule has 5 aromatic rings. The first-order valence-electron chi connectivity index (χ1n) is 21.7. The van der Waals surface area contributed by atoms with Gasteiger partial charge in [-0.3, -0.25) is 38.8 Å². The fourth-order valence-corrected chi connectivity index (χ4v) is 8.95. The van der Waals surface area contributed by atoms with Crippen LogP contribution in [-0.2, 0) is 19.1 Å². The number of ketones is 1. The molecule has 7 rings (SSSR count). The molecule has 1 aliphatic heterocycles. The molecule has 65 heavy (non-hydrogen) atoms. The number of nitrogens with one attached hydrogen (secondary N) is 4. The van der Waals surface area contributed by atoms with Crippen LogP contribution in [0.4, 0.5) is 28.3 Å². The summed E-state index contributed by atoms with van der Waals surface area (Å²) >= 11 is 7.53. The van der Waals surface area contributed by atoms with E-state index in [2.05, 4.69) is 46.0 Å². The molecule has 0 spiro atoms. The van der Waals surface area contributed by atoms with E-state index in [0.717, 1.165) is 55.0 Å². The summed E-state index contributed by atoms with van der Waals surface area (Å²) < 4.78 is 12.8. The van der Waals surface area contributed by atoms with Gasteiger partial charge in [0.15, 0.2) is 10.9 Å². The van der Waals surface area contributed by atoms with Gasteiger partial charge in [-0.1, -0.05) is 24.4 Å². The van der Waals surface area contributed by atoms with Crippen molar-refractivity contribution in [3.05, 3.63) is 85.4 Å². The highest BCUT2D eigenvalue weighted by molar-refractivity contribution is 7.15. The number of piperazine rings is 1. The maximum absolute atomic E-state index is 13.6. The first kappa shape index (κ1) is 47.1. The van der Waals surface area contributed by atoms with Crippen LogP contribution in [0.5, 0.6) is 0 Å². The maximum atomic E-state index is 13.6. The smallest absolute Gasteiger partial charge is 0.263 e. The Kier molecular flexibility index (Phi) is 15.9. The van der Waals surface area contributed by atoms with E-state index in [0.29, 0.717) is 77.1 Å². The quantitative estimate of drug-likeness (QED) is 0.0566. The van der Waals surface area contributed by atoms with Crippen molar-refractivity contribution < 1.29 is 28.7 Å². The Hall–Kier alpha value is -5.86. The molecule has 2 fully saturated rings. The number of thiazole rings is 1. The zero-order valence-electron chi connectivity index (χ0n) is 37.0. The van der Waals surface area contributed by atoms with Crippen molar-refractivity contribution >= 4 is 85.7 Å². The third-order valence-corrected chi connectivity index (χ3v) is 12.7. The lowest BCUT2D eigenvalue weighted by Gasteiger charge is -2.35. The molecular weight excluding hydrogens is 874 g/mol. The minimum absolute atomic E-state index is 0.00894. The van der Waals surface area contributed by atoms with E-state index in [-0.39, 0.29) is 66.5 Å². The summed E-state index contributed by atoms with van der Waals surface area (Å²) in [7, 11) is 0. The van der Waals surface area contributed by atoms with Crippen molar-refractivity contribution in [2.75, 3.05) is 86.5 Å². The van der Waals surface area contributed by atoms with Crippen molar-refractivity contribution in [1.29, 1.82) is 0 Å². The number of carbonyl (C=O) groups is 4. The zero-order chi connectivity index (χ0) is 46.0. The number of benzene rings is 1. The number of aryl methyl sites for hydroxylation is 3. The summed E-state index contributed by atoms with van der Waals surface area (Å²) in [6.07, 6.45) is 7.30. The topological polar surface area (TPSA) is 215 Å². The van der Waals surface area contributed by atoms with E-state index < -0.39 is 5.91 Å². The third-order valence-electron chi connectivity index (χ3n) is 11.5. The van der Waals surface area contributed by atoms with Gasteiger partial charge in [0.25, 0.3) is 11.5 Å². The fraction of sp³-hybridized carbons (Fsp3) is 0.444. The SMILES string of the molecule is CC(=O)c1c(C)c2cnc(Nc3ccc(N4CCN(CC(=O)NCCOCCOCCC(=O)Nc5cc(Cl)ccc5C(=O)Nc5nc(C)c(C)s5)CC4)cn3)nc2n(C2CCCC2)c1=O. The van der Waals surface area contributed by atoms with Crippen LogP contribution in [0, 0.1) is 20.8 Å². The summed E-state index contributed by atoms with van der Waals surface area (Å²) in [6.45, 7) is 11.5. The van der Waals surface area contributed by atoms with Gasteiger partial charge in [-0.25, -0.2) is 15.0 Å². The van der Waals surface area contributed by atoms with Crippen LogP contribution in [0.15, 0.2) is 47.5 Å². The molecule has 0 radical (unpaired) electrons. The summed E-state index contributed by atoms with van der Waals surface area (Å²) in [5.41, 5.74) is 3.37. The Morgan fingerprint density at radius 1 is 0.877 bits per heavy atom. The molecule has 0 atom stereocenters. The lowest BCUT2D eigenvalue weighted by atomic mass is 10.0. The molecule has 20 heteroatoms. The standard InChI is InChI=1S/C45H54ClN11O7S/c1-27-35-25-49-44(53-41(35)57(32-7-5-6-8-32)43(62)40(27)29(3)58)52-37-12-10-33(24-48-37)56-17-15-55(16-18-56)26-39(60)47-14-20-64-22-21-63-19-13-38(59)51-36-23-31(46)9-11-34(36)42(61)54-45-50-28(2)30(4)65-45/h9-12,23-25,32H,5-8,13-22,26H2,1-4H3,(H,47,60)(H,51,59)(H,50,54,61)(H,48,49,52,53). The predicted octanol–water partition coefficient (Wildman–Crippen LogP) is 5.84. The van der Waals surface area contributed by atoms with Gasteiger partial charge < -0.3 is 30.3 Å². The van der Waals surface area contributed by atoms with Gasteiger partial charge in [0.2, 0.25) is 17.8 Å². The number of fused-ring (bicyclic) bond motifs is 1. The lowest BCUT2D eigenvalue weighted by Crippen LogP contribution is -2.49. The number of hydrogen-bond donors (Lipinski definition) is 4. The summed E-state index contributed by atoms with van der Waals surface area (Å²) in [4.78, 5) is 87.8. The van der Waals surface area contributed by atoms with E-state index in [9.17, 15) is 24.0 Å². The lowest BCUT2D eigenvalue weighted by molar-refractivity contribution is -0.122. The number of hydrogen-bond acceptors (Lipinski definition) is 15. The number of rotatable bonds is 19. The molecule has 1 saturated carbocycles. The third kappa shape index (κ3) is 12.1. The van der Waals surface area contributed by atoms with E-state index in [1.54, 1.807) is 36.0 Å². The molecule has 344 valence electrons. The van der Waals surface area contributed by atoms with Crippen LogP contribution in [0.1, 0.15) is 81.9 Å². The number of Topliss-reactive ketones (excluding diaryl/α,β-unsaturated/α-hetero) is 1. The van der Waals surface area contributed by atoms with Crippen LogP contribution in [0.2, 0.25) is 5.02 Å². The van der Waals surface area contributed by atoms with Crippen LogP contribution in [0.3, 0.4) is 0 Å². The van der Waals surface area contributed by atoms with Gasteiger partial charge >= 0.3 is 0 Å². The molecule has 0 bridgehead atoms. The summed E-state index contributed by atoms with van der Waals surface area (Å²) in [6, 6.07) is 8.49. The number of carbonyl (C=O) groups excluding carboxylic acids is 4. The highest BCUT2D eigenvalue weighted by Gasteiger charge is 2.26. The Morgan fingerprint density at radius 3 is 2.32 bits per heavy atom. The molecule has 4 aromatic heterocycles. The molecule has 5 heterocycles. The Bertz CT molecular complexity index is 2570. The number of nitrogens with zero attached hydrogens (tertiary/aromatic N) is 7. The second kappa shape index (κ2) is 21.9. The van der Waals surface area contributed by atoms with Crippen molar-refractivity contribution in [3.8, 4) is 0 Å². The number of pyridine rings is 2. The normalized spacial score (nSPS) is 14.4. The Labute approximate surface area is 385 Å². The van der Waals surface area contributed by atoms with Crippen LogP contribution in [0.25, 0.3) is 11.0 Å². The molecular formula is C45H54ClN11O7S. The van der Waals surface area contributed by atoms with Crippen LogP contribution >= 0.6 is 22.9 Å². The van der Waals surface area contributed by atoms with Crippen molar-refractivity contribution in [2.24, 2.45) is 0 Å². The monoisotopic (exact) mass is 927 g/mol. The maximum Gasteiger partial charge on any atom is 0.263 e. The van der Waals surface area contributed by atoms with Crippen molar-refractivity contribution in [3.63, 3.8) is 0 Å². The second-order valence-corrected chi connectivity index (χ2v) is 17.7. The summed E-state index contributed by atoms with van der Waals surface area (Å²) in [5.74, 6) is -0.216. The fourth-order valence-electron chi connectivity index (χ4n) is 7.96. The molecule has 4 N–H and O–H groups in total. The zero-order valence-corrected chi connectivity index (χ0v) is 38.6. The molecule has 2 aliphatic rings. The van der Waals surface area contributed by atoms with E-state index in [4.69, 9.17) is 26.1 Å². The Balaban J connectivity index is 0.768. The number of amides is 3. The van der Waals surface area contributed by atoms with Gasteiger partial charge in [0.1, 0.15) is 11.5 Å². The van der Waals surface area contributed by atoms with Gasteiger partial charge in [0.05, 0.1) is 73.8 Å². The number of aromatic nitrogens is 5. The number of halogens is 1. The molecule has 0 unspecified atom stereocenters. The number of anilines is 5. The minimum Gasteiger partial charge on any atom is -0.379 e. The molecule has 18 nitrogen and oxygen atoms in total.